The molecule has 1 aromatic heterocycles. The van der Waals surface area contributed by atoms with Crippen molar-refractivity contribution in [2.24, 2.45) is 0 Å². The molecule has 0 saturated carbocycles. The van der Waals surface area contributed by atoms with Crippen LogP contribution in [-0.4, -0.2) is 60.4 Å². The Balaban J connectivity index is 1.55. The number of amides is 1. The molecule has 2 heterocycles. The lowest BCUT2D eigenvalue weighted by molar-refractivity contribution is 0.0692. The van der Waals surface area contributed by atoms with E-state index in [0.717, 1.165) is 0 Å². The van der Waals surface area contributed by atoms with E-state index in [2.05, 4.69) is 4.98 Å². The third-order valence-corrected chi connectivity index (χ3v) is 7.19. The fourth-order valence-corrected chi connectivity index (χ4v) is 4.56. The van der Waals surface area contributed by atoms with Gasteiger partial charge in [-0.1, -0.05) is 11.6 Å². The molecule has 0 radical (unpaired) electrons. The number of hydrogen-bond donors (Lipinski definition) is 0. The van der Waals surface area contributed by atoms with Gasteiger partial charge in [-0.25, -0.2) is 13.4 Å². The molecule has 3 rings (SSSR count). The molecule has 1 aliphatic heterocycles. The Kier molecular flexibility index (Phi) is 6.36. The number of rotatable bonds is 6. The van der Waals surface area contributed by atoms with Gasteiger partial charge in [0.2, 0.25) is 10.0 Å². The third kappa shape index (κ3) is 4.98. The van der Waals surface area contributed by atoms with E-state index in [0.29, 0.717) is 47.7 Å². The minimum atomic E-state index is -3.21. The molecule has 7 nitrogen and oxygen atoms in total. The summed E-state index contributed by atoms with van der Waals surface area (Å²) in [5.74, 6) is 0.567. The molecule has 0 N–H and O–H groups in total. The van der Waals surface area contributed by atoms with Crippen molar-refractivity contribution in [1.82, 2.24) is 14.2 Å². The van der Waals surface area contributed by atoms with Crippen LogP contribution in [0.15, 0.2) is 29.6 Å². The average molecular weight is 430 g/mol. The lowest BCUT2D eigenvalue weighted by atomic mass is 10.3. The third-order valence-electron chi connectivity index (χ3n) is 4.23. The molecule has 27 heavy (non-hydrogen) atoms. The van der Waals surface area contributed by atoms with Crippen molar-refractivity contribution >= 4 is 38.9 Å². The van der Waals surface area contributed by atoms with Crippen LogP contribution in [0.2, 0.25) is 5.02 Å². The van der Waals surface area contributed by atoms with Crippen LogP contribution in [0.25, 0.3) is 0 Å². The lowest BCUT2D eigenvalue weighted by Gasteiger charge is -2.33. The van der Waals surface area contributed by atoms with Crippen LogP contribution >= 0.6 is 22.9 Å². The molecule has 1 aromatic carbocycles. The number of ether oxygens (including phenoxy) is 1. The van der Waals surface area contributed by atoms with Gasteiger partial charge in [-0.2, -0.15) is 4.31 Å². The molecule has 1 saturated heterocycles. The van der Waals surface area contributed by atoms with Crippen molar-refractivity contribution < 1.29 is 17.9 Å². The zero-order chi connectivity index (χ0) is 19.4. The normalized spacial score (nSPS) is 15.7. The Morgan fingerprint density at radius 2 is 1.89 bits per heavy atom. The van der Waals surface area contributed by atoms with Crippen LogP contribution in [0.1, 0.15) is 22.4 Å². The summed E-state index contributed by atoms with van der Waals surface area (Å²) >= 11 is 7.20. The minimum Gasteiger partial charge on any atom is -0.486 e. The summed E-state index contributed by atoms with van der Waals surface area (Å²) in [5, 5.41) is 3.04. The number of hydrogen-bond acceptors (Lipinski definition) is 6. The summed E-state index contributed by atoms with van der Waals surface area (Å²) in [4.78, 5) is 18.6. The first-order valence-corrected chi connectivity index (χ1v) is 11.4. The van der Waals surface area contributed by atoms with Crippen molar-refractivity contribution in [1.29, 1.82) is 0 Å². The van der Waals surface area contributed by atoms with Gasteiger partial charge in [-0.3, -0.25) is 4.79 Å². The molecular weight excluding hydrogens is 410 g/mol. The Labute approximate surface area is 167 Å². The maximum atomic E-state index is 12.6. The molecule has 1 aliphatic rings. The van der Waals surface area contributed by atoms with Crippen LogP contribution in [-0.2, 0) is 16.6 Å². The van der Waals surface area contributed by atoms with Crippen LogP contribution in [0.4, 0.5) is 0 Å². The van der Waals surface area contributed by atoms with Crippen molar-refractivity contribution in [3.8, 4) is 5.75 Å². The van der Waals surface area contributed by atoms with Gasteiger partial charge < -0.3 is 9.64 Å². The predicted molar refractivity (Wildman–Crippen MR) is 105 cm³/mol. The number of nitrogens with zero attached hydrogens (tertiary/aromatic N) is 3. The molecule has 0 unspecified atom stereocenters. The fraction of sp³-hybridized carbons (Fsp3) is 0.412. The topological polar surface area (TPSA) is 79.8 Å². The first-order chi connectivity index (χ1) is 12.9. The summed E-state index contributed by atoms with van der Waals surface area (Å²) in [7, 11) is -3.21. The molecular formula is C17H20ClN3O4S2. The highest BCUT2D eigenvalue weighted by Gasteiger charge is 2.28. The second-order valence-electron chi connectivity index (χ2n) is 5.96. The summed E-state index contributed by atoms with van der Waals surface area (Å²) in [6, 6.07) is 7.02. The smallest absolute Gasteiger partial charge is 0.273 e. The average Bonchev–Trinajstić information content (AvgIpc) is 3.16. The molecule has 0 spiro atoms. The number of sulfonamides is 1. The molecule has 0 atom stereocenters. The maximum absolute atomic E-state index is 12.6. The van der Waals surface area contributed by atoms with Gasteiger partial charge in [0, 0.05) is 36.6 Å². The van der Waals surface area contributed by atoms with Gasteiger partial charge in [-0.15, -0.1) is 11.3 Å². The van der Waals surface area contributed by atoms with Crippen molar-refractivity contribution in [2.75, 3.05) is 31.9 Å². The Bertz CT molecular complexity index is 891. The molecule has 1 amide bonds. The molecule has 2 aromatic rings. The molecule has 0 aliphatic carbocycles. The number of halogens is 1. The van der Waals surface area contributed by atoms with Crippen LogP contribution < -0.4 is 4.74 Å². The number of benzene rings is 1. The van der Waals surface area contributed by atoms with E-state index in [1.807, 2.05) is 0 Å². The van der Waals surface area contributed by atoms with Gasteiger partial charge >= 0.3 is 0 Å². The van der Waals surface area contributed by atoms with Crippen LogP contribution in [0.3, 0.4) is 0 Å². The standard InChI is InChI=1S/C17H20ClN3O4S2/c1-2-27(23,24)21-9-7-20(8-10-21)17(22)15-12-26-16(19-15)11-25-14-5-3-13(18)4-6-14/h3-6,12H,2,7-11H2,1H3. The van der Waals surface area contributed by atoms with Crippen molar-refractivity contribution in [2.45, 2.75) is 13.5 Å². The van der Waals surface area contributed by atoms with Gasteiger partial charge in [0.25, 0.3) is 5.91 Å². The molecule has 0 bridgehead atoms. The van der Waals surface area contributed by atoms with E-state index < -0.39 is 10.0 Å². The van der Waals surface area contributed by atoms with Gasteiger partial charge in [0.1, 0.15) is 23.1 Å². The summed E-state index contributed by atoms with van der Waals surface area (Å²) in [6.45, 7) is 3.26. The van der Waals surface area contributed by atoms with Gasteiger partial charge in [0.15, 0.2) is 0 Å². The lowest BCUT2D eigenvalue weighted by Crippen LogP contribution is -2.50. The quantitative estimate of drug-likeness (QED) is 0.704. The van der Waals surface area contributed by atoms with Crippen LogP contribution in [0.5, 0.6) is 5.75 Å². The second kappa shape index (κ2) is 8.55. The van der Waals surface area contributed by atoms with E-state index in [1.165, 1.54) is 15.6 Å². The van der Waals surface area contributed by atoms with E-state index in [-0.39, 0.29) is 18.3 Å². The van der Waals surface area contributed by atoms with Gasteiger partial charge in [-0.05, 0) is 31.2 Å². The van der Waals surface area contributed by atoms with Crippen LogP contribution in [0, 0.1) is 0 Å². The summed E-state index contributed by atoms with van der Waals surface area (Å²) < 4.78 is 30.9. The second-order valence-corrected chi connectivity index (χ2v) is 9.60. The molecule has 146 valence electrons. The monoisotopic (exact) mass is 429 g/mol. The zero-order valence-corrected chi connectivity index (χ0v) is 17.2. The number of carbonyl (C=O) groups excluding carboxylic acids is 1. The highest BCUT2D eigenvalue weighted by molar-refractivity contribution is 7.89. The summed E-state index contributed by atoms with van der Waals surface area (Å²) in [5.41, 5.74) is 0.363. The fourth-order valence-electron chi connectivity index (χ4n) is 2.67. The van der Waals surface area contributed by atoms with E-state index in [1.54, 1.807) is 41.5 Å². The Hall–Kier alpha value is -1.68. The Morgan fingerprint density at radius 3 is 2.52 bits per heavy atom. The summed E-state index contributed by atoms with van der Waals surface area (Å²) in [6.07, 6.45) is 0. The predicted octanol–water partition coefficient (Wildman–Crippen LogP) is 2.48. The first kappa shape index (κ1) is 20.1. The van der Waals surface area contributed by atoms with E-state index >= 15 is 0 Å². The first-order valence-electron chi connectivity index (χ1n) is 8.49. The zero-order valence-electron chi connectivity index (χ0n) is 14.8. The largest absolute Gasteiger partial charge is 0.486 e. The van der Waals surface area contributed by atoms with E-state index in [9.17, 15) is 13.2 Å². The van der Waals surface area contributed by atoms with E-state index in [4.69, 9.17) is 16.3 Å². The maximum Gasteiger partial charge on any atom is 0.273 e. The highest BCUT2D eigenvalue weighted by atomic mass is 35.5. The van der Waals surface area contributed by atoms with Crippen molar-refractivity contribution in [3.63, 3.8) is 0 Å². The number of aromatic nitrogens is 1. The van der Waals surface area contributed by atoms with Gasteiger partial charge in [0.05, 0.1) is 5.75 Å². The SMILES string of the molecule is CCS(=O)(=O)N1CCN(C(=O)c2csc(COc3ccc(Cl)cc3)n2)CC1. The molecule has 10 heteroatoms. The number of thiazole rings is 1. The van der Waals surface area contributed by atoms with Crippen molar-refractivity contribution in [3.05, 3.63) is 45.4 Å². The minimum absolute atomic E-state index is 0.0734. The number of carbonyl (C=O) groups is 1. The Morgan fingerprint density at radius 1 is 1.22 bits per heavy atom. The molecule has 1 fully saturated rings. The number of piperazine rings is 1. The highest BCUT2D eigenvalue weighted by Crippen LogP contribution is 2.19.